The first-order valence-electron chi connectivity index (χ1n) is 8.87. The number of anilines is 1. The molecule has 0 saturated carbocycles. The van der Waals surface area contributed by atoms with Crippen LogP contribution in [0.5, 0.6) is 0 Å². The number of halogens is 2. The van der Waals surface area contributed by atoms with Gasteiger partial charge < -0.3 is 5.32 Å². The Morgan fingerprint density at radius 3 is 2.77 bits per heavy atom. The van der Waals surface area contributed by atoms with Gasteiger partial charge in [0.05, 0.1) is 17.3 Å². The van der Waals surface area contributed by atoms with E-state index in [1.165, 1.54) is 18.6 Å². The summed E-state index contributed by atoms with van der Waals surface area (Å²) in [7, 11) is 0. The first-order valence-corrected chi connectivity index (χ1v) is 8.87. The van der Waals surface area contributed by atoms with Gasteiger partial charge in [-0.2, -0.15) is 24.2 Å². The van der Waals surface area contributed by atoms with Gasteiger partial charge in [0.1, 0.15) is 17.5 Å². The van der Waals surface area contributed by atoms with E-state index >= 15 is 0 Å². The standard InChI is InChI=1S/C20H15F2N7O/c1-10-11(2)17(24-7-12(10)6-23)19(30)26-14-3-4-16-15(5-14)18(28-27-16)13-8-25-29(9-13)20(21)22/h3-5,7-9,20H,1-2H3,(H,26,30)(H,27,28). The molecule has 1 amide bonds. The molecule has 4 aromatic rings. The second kappa shape index (κ2) is 7.36. The van der Waals surface area contributed by atoms with Crippen molar-refractivity contribution in [3.63, 3.8) is 0 Å². The molecule has 0 fully saturated rings. The molecule has 3 aromatic heterocycles. The molecule has 150 valence electrons. The summed E-state index contributed by atoms with van der Waals surface area (Å²) in [5.41, 5.74) is 3.98. The van der Waals surface area contributed by atoms with E-state index in [1.807, 2.05) is 6.07 Å². The SMILES string of the molecule is Cc1c(C#N)cnc(C(=O)Nc2ccc3[nH]nc(-c4cnn(C(F)F)c4)c3c2)c1C. The molecule has 0 atom stereocenters. The van der Waals surface area contributed by atoms with Gasteiger partial charge in [0, 0.05) is 29.0 Å². The van der Waals surface area contributed by atoms with Crippen molar-refractivity contribution in [3.8, 4) is 17.3 Å². The van der Waals surface area contributed by atoms with E-state index in [0.717, 1.165) is 0 Å². The molecular formula is C20H15F2N7O. The van der Waals surface area contributed by atoms with Crippen LogP contribution in [0, 0.1) is 25.2 Å². The quantitative estimate of drug-likeness (QED) is 0.532. The topological polar surface area (TPSA) is 112 Å². The minimum atomic E-state index is -2.74. The summed E-state index contributed by atoms with van der Waals surface area (Å²) in [5, 5.41) is 23.2. The lowest BCUT2D eigenvalue weighted by molar-refractivity contribution is 0.0566. The smallest absolute Gasteiger partial charge is 0.321 e. The molecule has 30 heavy (non-hydrogen) atoms. The molecule has 0 unspecified atom stereocenters. The number of aromatic amines is 1. The summed E-state index contributed by atoms with van der Waals surface area (Å²) in [6.45, 7) is 0.747. The average Bonchev–Trinajstić information content (AvgIpc) is 3.36. The maximum Gasteiger partial charge on any atom is 0.333 e. The van der Waals surface area contributed by atoms with Gasteiger partial charge in [-0.25, -0.2) is 9.67 Å². The van der Waals surface area contributed by atoms with Crippen LogP contribution in [0.3, 0.4) is 0 Å². The number of rotatable bonds is 4. The largest absolute Gasteiger partial charge is 0.333 e. The summed E-state index contributed by atoms with van der Waals surface area (Å²) in [4.78, 5) is 16.8. The van der Waals surface area contributed by atoms with Crippen molar-refractivity contribution in [2.45, 2.75) is 20.4 Å². The number of nitriles is 1. The van der Waals surface area contributed by atoms with Crippen LogP contribution in [0.1, 0.15) is 33.7 Å². The third kappa shape index (κ3) is 3.26. The predicted molar refractivity (Wildman–Crippen MR) is 105 cm³/mol. The minimum absolute atomic E-state index is 0.220. The normalized spacial score (nSPS) is 11.1. The summed E-state index contributed by atoms with van der Waals surface area (Å²) in [5.74, 6) is -0.421. The highest BCUT2D eigenvalue weighted by Gasteiger charge is 2.17. The minimum Gasteiger partial charge on any atom is -0.321 e. The van der Waals surface area contributed by atoms with Gasteiger partial charge in [-0.15, -0.1) is 0 Å². The molecule has 10 heteroatoms. The second-order valence-electron chi connectivity index (χ2n) is 6.66. The molecule has 0 aliphatic heterocycles. The van der Waals surface area contributed by atoms with E-state index in [9.17, 15) is 13.6 Å². The van der Waals surface area contributed by atoms with Crippen LogP contribution in [0.2, 0.25) is 0 Å². The fourth-order valence-corrected chi connectivity index (χ4v) is 3.11. The summed E-state index contributed by atoms with van der Waals surface area (Å²) < 4.78 is 26.2. The Morgan fingerprint density at radius 1 is 1.27 bits per heavy atom. The third-order valence-electron chi connectivity index (χ3n) is 4.88. The molecular weight excluding hydrogens is 392 g/mol. The first kappa shape index (κ1) is 19.2. The zero-order chi connectivity index (χ0) is 21.4. The number of alkyl halides is 2. The summed E-state index contributed by atoms with van der Waals surface area (Å²) in [6, 6.07) is 7.15. The highest BCUT2D eigenvalue weighted by atomic mass is 19.3. The number of fused-ring (bicyclic) bond motifs is 1. The fraction of sp³-hybridized carbons (Fsp3) is 0.150. The van der Waals surface area contributed by atoms with Crippen molar-refractivity contribution in [3.05, 3.63) is 59.2 Å². The van der Waals surface area contributed by atoms with Gasteiger partial charge in [-0.1, -0.05) is 0 Å². The number of nitrogens with one attached hydrogen (secondary N) is 2. The molecule has 0 aliphatic rings. The lowest BCUT2D eigenvalue weighted by Crippen LogP contribution is -2.16. The van der Waals surface area contributed by atoms with E-state index in [4.69, 9.17) is 5.26 Å². The Labute approximate surface area is 169 Å². The van der Waals surface area contributed by atoms with Crippen LogP contribution in [-0.4, -0.2) is 30.9 Å². The van der Waals surface area contributed by atoms with Crippen molar-refractivity contribution < 1.29 is 13.6 Å². The number of aromatic nitrogens is 5. The first-order chi connectivity index (χ1) is 14.4. The van der Waals surface area contributed by atoms with Gasteiger partial charge in [0.15, 0.2) is 0 Å². The number of hydrogen-bond donors (Lipinski definition) is 2. The van der Waals surface area contributed by atoms with Gasteiger partial charge in [-0.05, 0) is 43.2 Å². The number of pyridine rings is 1. The van der Waals surface area contributed by atoms with E-state index in [2.05, 4.69) is 25.6 Å². The maximum absolute atomic E-state index is 12.8. The van der Waals surface area contributed by atoms with Crippen LogP contribution < -0.4 is 5.32 Å². The fourth-order valence-electron chi connectivity index (χ4n) is 3.11. The number of H-pyrrole nitrogens is 1. The van der Waals surface area contributed by atoms with Crippen molar-refractivity contribution in [2.24, 2.45) is 0 Å². The van der Waals surface area contributed by atoms with Crippen LogP contribution in [0.4, 0.5) is 14.5 Å². The highest BCUT2D eigenvalue weighted by molar-refractivity contribution is 6.05. The number of benzene rings is 1. The highest BCUT2D eigenvalue weighted by Crippen LogP contribution is 2.29. The molecule has 0 aliphatic carbocycles. The van der Waals surface area contributed by atoms with E-state index in [1.54, 1.807) is 32.0 Å². The number of amides is 1. The molecule has 0 radical (unpaired) electrons. The Balaban J connectivity index is 1.66. The van der Waals surface area contributed by atoms with Gasteiger partial charge in [-0.3, -0.25) is 9.89 Å². The third-order valence-corrected chi connectivity index (χ3v) is 4.88. The number of hydrogen-bond acceptors (Lipinski definition) is 5. The van der Waals surface area contributed by atoms with Gasteiger partial charge >= 0.3 is 6.55 Å². The Kier molecular flexibility index (Phi) is 4.71. The number of carbonyl (C=O) groups excluding carboxylic acids is 1. The Morgan fingerprint density at radius 2 is 2.07 bits per heavy atom. The molecule has 0 bridgehead atoms. The molecule has 0 spiro atoms. The molecule has 3 heterocycles. The number of nitrogens with zero attached hydrogens (tertiary/aromatic N) is 5. The molecule has 8 nitrogen and oxygen atoms in total. The number of carbonyl (C=O) groups is 1. The Bertz CT molecular complexity index is 1320. The molecule has 1 aromatic carbocycles. The van der Waals surface area contributed by atoms with Crippen LogP contribution >= 0.6 is 0 Å². The zero-order valence-corrected chi connectivity index (χ0v) is 15.9. The van der Waals surface area contributed by atoms with E-state index < -0.39 is 12.5 Å². The van der Waals surface area contributed by atoms with Crippen LogP contribution in [0.25, 0.3) is 22.2 Å². The molecule has 0 saturated heterocycles. The van der Waals surface area contributed by atoms with Crippen LogP contribution in [0.15, 0.2) is 36.8 Å². The molecule has 2 N–H and O–H groups in total. The van der Waals surface area contributed by atoms with Crippen molar-refractivity contribution in [1.29, 1.82) is 5.26 Å². The predicted octanol–water partition coefficient (Wildman–Crippen LogP) is 3.96. The maximum atomic E-state index is 12.8. The van der Waals surface area contributed by atoms with Crippen molar-refractivity contribution >= 4 is 22.5 Å². The van der Waals surface area contributed by atoms with E-state index in [-0.39, 0.29) is 5.69 Å². The zero-order valence-electron chi connectivity index (χ0n) is 15.9. The summed E-state index contributed by atoms with van der Waals surface area (Å²) >= 11 is 0. The second-order valence-corrected chi connectivity index (χ2v) is 6.66. The lowest BCUT2D eigenvalue weighted by atomic mass is 10.0. The average molecular weight is 407 g/mol. The molecule has 4 rings (SSSR count). The van der Waals surface area contributed by atoms with Crippen molar-refractivity contribution in [2.75, 3.05) is 5.32 Å². The van der Waals surface area contributed by atoms with Gasteiger partial charge in [0.2, 0.25) is 0 Å². The van der Waals surface area contributed by atoms with E-state index in [0.29, 0.717) is 49.2 Å². The van der Waals surface area contributed by atoms with Gasteiger partial charge in [0.25, 0.3) is 5.91 Å². The van der Waals surface area contributed by atoms with Crippen molar-refractivity contribution in [1.82, 2.24) is 25.0 Å². The van der Waals surface area contributed by atoms with Crippen LogP contribution in [-0.2, 0) is 0 Å². The summed E-state index contributed by atoms with van der Waals surface area (Å²) in [6.07, 6.45) is 3.88. The lowest BCUT2D eigenvalue weighted by Gasteiger charge is -2.10. The Hall–Kier alpha value is -4.13. The monoisotopic (exact) mass is 407 g/mol.